The molecule has 0 aromatic carbocycles. The number of nitrogens with two attached hydrogens (primary N) is 1. The van der Waals surface area contributed by atoms with Gasteiger partial charge in [0.2, 0.25) is 11.8 Å². The second kappa shape index (κ2) is 5.88. The third-order valence-electron chi connectivity index (χ3n) is 3.39. The second-order valence-corrected chi connectivity index (χ2v) is 5.75. The van der Waals surface area contributed by atoms with Crippen LogP contribution in [0.2, 0.25) is 0 Å². The number of hydrogen-bond donors (Lipinski definition) is 1. The van der Waals surface area contributed by atoms with Crippen LogP contribution < -0.4 is 5.73 Å². The maximum Gasteiger partial charge on any atom is 0.242 e. The first-order valence-corrected chi connectivity index (χ1v) is 7.02. The molecule has 2 N–H and O–H groups in total. The van der Waals surface area contributed by atoms with Gasteiger partial charge in [-0.3, -0.25) is 9.69 Å². The predicted octanol–water partition coefficient (Wildman–Crippen LogP) is 0.0135. The van der Waals surface area contributed by atoms with E-state index in [-0.39, 0.29) is 5.91 Å². The standard InChI is InChI=1S/C13H23N5O2/c1-4-11-15-10(16-20-11)9-17-5-7-18(8-6-17)12(19)13(2,3)14/h4-9,14H2,1-3H3. The summed E-state index contributed by atoms with van der Waals surface area (Å²) in [5, 5.41) is 3.95. The molecule has 20 heavy (non-hydrogen) atoms. The number of hydrogen-bond acceptors (Lipinski definition) is 6. The lowest BCUT2D eigenvalue weighted by Crippen LogP contribution is -2.56. The number of piperazine rings is 1. The summed E-state index contributed by atoms with van der Waals surface area (Å²) in [7, 11) is 0. The molecule has 1 aliphatic rings. The Balaban J connectivity index is 1.84. The van der Waals surface area contributed by atoms with Crippen molar-refractivity contribution < 1.29 is 9.32 Å². The summed E-state index contributed by atoms with van der Waals surface area (Å²) in [6.45, 7) is 9.12. The molecule has 0 radical (unpaired) electrons. The van der Waals surface area contributed by atoms with Crippen molar-refractivity contribution in [1.82, 2.24) is 19.9 Å². The minimum absolute atomic E-state index is 0.00461. The number of rotatable bonds is 4. The topological polar surface area (TPSA) is 88.5 Å². The molecular weight excluding hydrogens is 258 g/mol. The van der Waals surface area contributed by atoms with Gasteiger partial charge in [-0.2, -0.15) is 4.98 Å². The summed E-state index contributed by atoms with van der Waals surface area (Å²) in [5.41, 5.74) is 5.05. The Morgan fingerprint density at radius 1 is 1.35 bits per heavy atom. The van der Waals surface area contributed by atoms with Gasteiger partial charge < -0.3 is 15.2 Å². The molecule has 112 valence electrons. The molecule has 7 heteroatoms. The number of carbonyl (C=O) groups is 1. The number of amides is 1. The van der Waals surface area contributed by atoms with Gasteiger partial charge in [0, 0.05) is 32.6 Å². The monoisotopic (exact) mass is 281 g/mol. The maximum atomic E-state index is 12.1. The number of aromatic nitrogens is 2. The molecule has 2 heterocycles. The molecule has 7 nitrogen and oxygen atoms in total. The lowest BCUT2D eigenvalue weighted by atomic mass is 10.0. The number of nitrogens with zero attached hydrogens (tertiary/aromatic N) is 4. The Morgan fingerprint density at radius 2 is 2.00 bits per heavy atom. The first kappa shape index (κ1) is 14.9. The molecule has 1 aromatic heterocycles. The van der Waals surface area contributed by atoms with Gasteiger partial charge in [-0.1, -0.05) is 12.1 Å². The van der Waals surface area contributed by atoms with Gasteiger partial charge in [0.15, 0.2) is 5.82 Å². The molecule has 0 spiro atoms. The van der Waals surface area contributed by atoms with Crippen molar-refractivity contribution in [2.24, 2.45) is 5.73 Å². The molecule has 1 aromatic rings. The van der Waals surface area contributed by atoms with Crippen molar-refractivity contribution in [3.05, 3.63) is 11.7 Å². The van der Waals surface area contributed by atoms with Crippen molar-refractivity contribution in [1.29, 1.82) is 0 Å². The average Bonchev–Trinajstić information content (AvgIpc) is 2.85. The van der Waals surface area contributed by atoms with Gasteiger partial charge >= 0.3 is 0 Å². The Bertz CT molecular complexity index is 458. The minimum Gasteiger partial charge on any atom is -0.339 e. The van der Waals surface area contributed by atoms with E-state index in [0.717, 1.165) is 19.5 Å². The van der Waals surface area contributed by atoms with Crippen molar-refractivity contribution in [3.63, 3.8) is 0 Å². The summed E-state index contributed by atoms with van der Waals surface area (Å²) in [6.07, 6.45) is 0.751. The first-order valence-electron chi connectivity index (χ1n) is 7.02. The van der Waals surface area contributed by atoms with E-state index in [2.05, 4.69) is 15.0 Å². The summed E-state index contributed by atoms with van der Waals surface area (Å²) in [4.78, 5) is 20.4. The fourth-order valence-corrected chi connectivity index (χ4v) is 2.21. The van der Waals surface area contributed by atoms with Gasteiger partial charge in [-0.25, -0.2) is 0 Å². The van der Waals surface area contributed by atoms with Crippen LogP contribution in [0.4, 0.5) is 0 Å². The van der Waals surface area contributed by atoms with Gasteiger partial charge in [-0.15, -0.1) is 0 Å². The SMILES string of the molecule is CCc1nc(CN2CCN(C(=O)C(C)(C)N)CC2)no1. The fraction of sp³-hybridized carbons (Fsp3) is 0.769. The molecule has 0 unspecified atom stereocenters. The van der Waals surface area contributed by atoms with E-state index < -0.39 is 5.54 Å². The summed E-state index contributed by atoms with van der Waals surface area (Å²) < 4.78 is 5.09. The Hall–Kier alpha value is -1.47. The van der Waals surface area contributed by atoms with Crippen LogP contribution in [0.25, 0.3) is 0 Å². The smallest absolute Gasteiger partial charge is 0.242 e. The van der Waals surface area contributed by atoms with Crippen LogP contribution in [0, 0.1) is 0 Å². The quantitative estimate of drug-likeness (QED) is 0.836. The molecule has 1 aliphatic heterocycles. The molecule has 0 bridgehead atoms. The molecule has 0 atom stereocenters. The summed E-state index contributed by atoms with van der Waals surface area (Å²) in [5.74, 6) is 1.38. The van der Waals surface area contributed by atoms with E-state index >= 15 is 0 Å². The third-order valence-corrected chi connectivity index (χ3v) is 3.39. The van der Waals surface area contributed by atoms with Crippen LogP contribution >= 0.6 is 0 Å². The van der Waals surface area contributed by atoms with Crippen molar-refractivity contribution in [2.45, 2.75) is 39.3 Å². The van der Waals surface area contributed by atoms with Gasteiger partial charge in [0.25, 0.3) is 0 Å². The van der Waals surface area contributed by atoms with Crippen LogP contribution in [0.15, 0.2) is 4.52 Å². The van der Waals surface area contributed by atoms with Crippen LogP contribution in [-0.4, -0.2) is 57.6 Å². The van der Waals surface area contributed by atoms with E-state index in [0.29, 0.717) is 31.3 Å². The van der Waals surface area contributed by atoms with E-state index in [1.54, 1.807) is 13.8 Å². The van der Waals surface area contributed by atoms with Gasteiger partial charge in [-0.05, 0) is 13.8 Å². The molecule has 1 amide bonds. The molecule has 0 saturated carbocycles. The maximum absolute atomic E-state index is 12.1. The molecular formula is C13H23N5O2. The molecule has 1 saturated heterocycles. The van der Waals surface area contributed by atoms with E-state index in [1.165, 1.54) is 0 Å². The zero-order valence-corrected chi connectivity index (χ0v) is 12.4. The van der Waals surface area contributed by atoms with Crippen LogP contribution in [0.5, 0.6) is 0 Å². The van der Waals surface area contributed by atoms with Gasteiger partial charge in [0.05, 0.1) is 12.1 Å². The van der Waals surface area contributed by atoms with Crippen molar-refractivity contribution in [2.75, 3.05) is 26.2 Å². The fourth-order valence-electron chi connectivity index (χ4n) is 2.21. The van der Waals surface area contributed by atoms with Crippen LogP contribution in [0.3, 0.4) is 0 Å². The zero-order valence-electron chi connectivity index (χ0n) is 12.4. The van der Waals surface area contributed by atoms with E-state index in [9.17, 15) is 4.79 Å². The van der Waals surface area contributed by atoms with Gasteiger partial charge in [0.1, 0.15) is 0 Å². The largest absolute Gasteiger partial charge is 0.339 e. The van der Waals surface area contributed by atoms with E-state index in [1.807, 2.05) is 11.8 Å². The number of carbonyl (C=O) groups excluding carboxylic acids is 1. The van der Waals surface area contributed by atoms with Crippen molar-refractivity contribution in [3.8, 4) is 0 Å². The number of aryl methyl sites for hydroxylation is 1. The predicted molar refractivity (Wildman–Crippen MR) is 73.8 cm³/mol. The molecule has 2 rings (SSSR count). The Kier molecular flexibility index (Phi) is 4.39. The highest BCUT2D eigenvalue weighted by Gasteiger charge is 2.30. The normalized spacial score (nSPS) is 17.5. The van der Waals surface area contributed by atoms with Crippen LogP contribution in [0.1, 0.15) is 32.5 Å². The summed E-state index contributed by atoms with van der Waals surface area (Å²) >= 11 is 0. The Labute approximate surface area is 119 Å². The average molecular weight is 281 g/mol. The molecule has 0 aliphatic carbocycles. The van der Waals surface area contributed by atoms with E-state index in [4.69, 9.17) is 10.3 Å². The second-order valence-electron chi connectivity index (χ2n) is 5.75. The van der Waals surface area contributed by atoms with Crippen LogP contribution in [-0.2, 0) is 17.8 Å². The lowest BCUT2D eigenvalue weighted by molar-refractivity contribution is -0.137. The minimum atomic E-state index is -0.800. The first-order chi connectivity index (χ1) is 9.40. The Morgan fingerprint density at radius 3 is 2.50 bits per heavy atom. The highest BCUT2D eigenvalue weighted by Crippen LogP contribution is 2.10. The highest BCUT2D eigenvalue weighted by atomic mass is 16.5. The molecule has 1 fully saturated rings. The zero-order chi connectivity index (χ0) is 14.8. The lowest BCUT2D eigenvalue weighted by Gasteiger charge is -2.37. The van der Waals surface area contributed by atoms with Crippen molar-refractivity contribution >= 4 is 5.91 Å². The highest BCUT2D eigenvalue weighted by molar-refractivity contribution is 5.85. The third kappa shape index (κ3) is 3.55. The summed E-state index contributed by atoms with van der Waals surface area (Å²) in [6, 6.07) is 0.